The maximum Gasteiger partial charge on any atom is 0.233 e. The first-order chi connectivity index (χ1) is 17.1. The number of hydrogen-bond acceptors (Lipinski definition) is 8. The lowest BCUT2D eigenvalue weighted by atomic mass is 10.2. The van der Waals surface area contributed by atoms with E-state index in [1.165, 1.54) is 11.8 Å². The average molecular weight is 498 g/mol. The molecule has 1 amide bonds. The van der Waals surface area contributed by atoms with Gasteiger partial charge in [-0.25, -0.2) is 0 Å². The fraction of sp³-hybridized carbons (Fsp3) is 0.400. The maximum absolute atomic E-state index is 12.9. The summed E-state index contributed by atoms with van der Waals surface area (Å²) in [4.78, 5) is 15.1. The summed E-state index contributed by atoms with van der Waals surface area (Å²) in [6, 6.07) is 15.8. The number of hydrogen-bond donors (Lipinski definition) is 1. The van der Waals surface area contributed by atoms with E-state index in [2.05, 4.69) is 37.1 Å². The number of nitrogens with one attached hydrogen (secondary N) is 1. The molecule has 1 N–H and O–H groups in total. The third-order valence-electron chi connectivity index (χ3n) is 5.74. The fourth-order valence-corrected chi connectivity index (χ4v) is 4.67. The zero-order valence-corrected chi connectivity index (χ0v) is 21.1. The first-order valence-corrected chi connectivity index (χ1v) is 12.4. The van der Waals surface area contributed by atoms with Crippen molar-refractivity contribution in [1.29, 1.82) is 0 Å². The summed E-state index contributed by atoms with van der Waals surface area (Å²) in [6.45, 7) is 5.75. The minimum atomic E-state index is -0.355. The number of carbonyl (C=O) groups is 1. The van der Waals surface area contributed by atoms with Crippen LogP contribution in [-0.2, 0) is 22.6 Å². The molecule has 1 unspecified atom stereocenters. The van der Waals surface area contributed by atoms with Gasteiger partial charge < -0.3 is 24.4 Å². The van der Waals surface area contributed by atoms with Gasteiger partial charge in [-0.3, -0.25) is 9.36 Å². The highest BCUT2D eigenvalue weighted by atomic mass is 32.2. The van der Waals surface area contributed by atoms with Crippen LogP contribution in [0.25, 0.3) is 0 Å². The number of thioether (sulfide) groups is 1. The number of rotatable bonds is 10. The number of methoxy groups -OCH3 is 2. The molecule has 0 spiro atoms. The lowest BCUT2D eigenvalue weighted by Gasteiger charge is -2.28. The van der Waals surface area contributed by atoms with Crippen LogP contribution in [0.4, 0.5) is 5.95 Å². The first kappa shape index (κ1) is 24.9. The van der Waals surface area contributed by atoms with Crippen LogP contribution in [0.15, 0.2) is 53.7 Å². The Morgan fingerprint density at radius 3 is 2.51 bits per heavy atom. The Balaban J connectivity index is 1.45. The number of carbonyl (C=O) groups excluding carboxylic acids is 1. The minimum Gasteiger partial charge on any atom is -0.493 e. The Bertz CT molecular complexity index is 1120. The summed E-state index contributed by atoms with van der Waals surface area (Å²) < 4.78 is 18.2. The minimum absolute atomic E-state index is 0.0769. The molecule has 1 fully saturated rings. The monoisotopic (exact) mass is 497 g/mol. The van der Waals surface area contributed by atoms with E-state index >= 15 is 0 Å². The van der Waals surface area contributed by atoms with Crippen LogP contribution in [0.1, 0.15) is 18.1 Å². The molecule has 3 aromatic rings. The Morgan fingerprint density at radius 1 is 1.06 bits per heavy atom. The van der Waals surface area contributed by atoms with Crippen LogP contribution >= 0.6 is 11.8 Å². The second kappa shape index (κ2) is 11.9. The lowest BCUT2D eigenvalue weighted by Crippen LogP contribution is -2.38. The molecule has 1 saturated heterocycles. The van der Waals surface area contributed by atoms with Crippen molar-refractivity contribution in [2.45, 2.75) is 30.4 Å². The molecular formula is C25H31N5O4S. The molecule has 0 saturated carbocycles. The van der Waals surface area contributed by atoms with Gasteiger partial charge in [-0.1, -0.05) is 48.2 Å². The van der Waals surface area contributed by atoms with Gasteiger partial charge in [0.2, 0.25) is 11.9 Å². The van der Waals surface area contributed by atoms with E-state index in [4.69, 9.17) is 14.2 Å². The normalized spacial score (nSPS) is 14.4. The predicted molar refractivity (Wildman–Crippen MR) is 135 cm³/mol. The van der Waals surface area contributed by atoms with Crippen molar-refractivity contribution >= 4 is 23.6 Å². The summed E-state index contributed by atoms with van der Waals surface area (Å²) in [6.07, 6.45) is 0. The topological polar surface area (TPSA) is 90.7 Å². The number of nitrogens with zero attached hydrogens (tertiary/aromatic N) is 4. The maximum atomic E-state index is 12.9. The lowest BCUT2D eigenvalue weighted by molar-refractivity contribution is -0.120. The summed E-state index contributed by atoms with van der Waals surface area (Å²) in [5.41, 5.74) is 2.07. The molecule has 1 aromatic heterocycles. The van der Waals surface area contributed by atoms with Crippen molar-refractivity contribution in [3.8, 4) is 11.5 Å². The quantitative estimate of drug-likeness (QED) is 0.428. The average Bonchev–Trinajstić information content (AvgIpc) is 3.29. The Kier molecular flexibility index (Phi) is 8.49. The van der Waals surface area contributed by atoms with Gasteiger partial charge in [-0.15, -0.1) is 10.2 Å². The van der Waals surface area contributed by atoms with Crippen molar-refractivity contribution < 1.29 is 19.0 Å². The molecule has 1 aliphatic heterocycles. The highest BCUT2D eigenvalue weighted by molar-refractivity contribution is 8.00. The molecule has 1 aliphatic rings. The van der Waals surface area contributed by atoms with E-state index < -0.39 is 0 Å². The highest BCUT2D eigenvalue weighted by Crippen LogP contribution is 2.29. The van der Waals surface area contributed by atoms with E-state index in [0.717, 1.165) is 30.2 Å². The van der Waals surface area contributed by atoms with E-state index in [1.54, 1.807) is 14.2 Å². The molecule has 10 heteroatoms. The molecule has 0 aliphatic carbocycles. The van der Waals surface area contributed by atoms with Gasteiger partial charge in [-0.05, 0) is 30.2 Å². The second-order valence-electron chi connectivity index (χ2n) is 8.12. The standard InChI is InChI=1S/C25H31N5O4S/c1-18(23(31)26-16-20-9-10-21(32-2)22(15-20)33-3)35-25-28-27-24(29-11-13-34-14-12-29)30(25)17-19-7-5-4-6-8-19/h4-10,15,18H,11-14,16-17H2,1-3H3,(H,26,31). The van der Waals surface area contributed by atoms with Crippen molar-refractivity contribution in [1.82, 2.24) is 20.1 Å². The van der Waals surface area contributed by atoms with E-state index in [0.29, 0.717) is 43.0 Å². The van der Waals surface area contributed by atoms with Gasteiger partial charge in [0, 0.05) is 19.6 Å². The highest BCUT2D eigenvalue weighted by Gasteiger charge is 2.24. The van der Waals surface area contributed by atoms with Gasteiger partial charge in [0.25, 0.3) is 0 Å². The van der Waals surface area contributed by atoms with Crippen molar-refractivity contribution in [3.05, 3.63) is 59.7 Å². The smallest absolute Gasteiger partial charge is 0.233 e. The predicted octanol–water partition coefficient (Wildman–Crippen LogP) is 2.98. The zero-order chi connectivity index (χ0) is 24.6. The first-order valence-electron chi connectivity index (χ1n) is 11.5. The number of amides is 1. The molecular weight excluding hydrogens is 466 g/mol. The number of morpholine rings is 1. The van der Waals surface area contributed by atoms with Crippen LogP contribution in [0, 0.1) is 0 Å². The number of benzene rings is 2. The summed E-state index contributed by atoms with van der Waals surface area (Å²) in [5, 5.41) is 12.3. The van der Waals surface area contributed by atoms with Crippen molar-refractivity contribution in [2.24, 2.45) is 0 Å². The van der Waals surface area contributed by atoms with Crippen LogP contribution in [0.2, 0.25) is 0 Å². The summed E-state index contributed by atoms with van der Waals surface area (Å²) >= 11 is 1.41. The van der Waals surface area contributed by atoms with Crippen LogP contribution in [-0.4, -0.2) is 66.4 Å². The molecule has 0 bridgehead atoms. The fourth-order valence-electron chi connectivity index (χ4n) is 3.80. The summed E-state index contributed by atoms with van der Waals surface area (Å²) in [5.74, 6) is 2.01. The van der Waals surface area contributed by atoms with Crippen LogP contribution < -0.4 is 19.7 Å². The van der Waals surface area contributed by atoms with Gasteiger partial charge >= 0.3 is 0 Å². The van der Waals surface area contributed by atoms with Gasteiger partial charge in [0.05, 0.1) is 39.2 Å². The third-order valence-corrected chi connectivity index (χ3v) is 6.82. The van der Waals surface area contributed by atoms with Gasteiger partial charge in [0.1, 0.15) is 0 Å². The Morgan fingerprint density at radius 2 is 1.80 bits per heavy atom. The van der Waals surface area contributed by atoms with Crippen LogP contribution in [0.5, 0.6) is 11.5 Å². The number of aromatic nitrogens is 3. The van der Waals surface area contributed by atoms with Gasteiger partial charge in [0.15, 0.2) is 16.7 Å². The van der Waals surface area contributed by atoms with E-state index in [1.807, 2.05) is 43.3 Å². The molecule has 4 rings (SSSR count). The molecule has 186 valence electrons. The third kappa shape index (κ3) is 6.26. The van der Waals surface area contributed by atoms with Crippen LogP contribution in [0.3, 0.4) is 0 Å². The van der Waals surface area contributed by atoms with E-state index in [-0.39, 0.29) is 11.2 Å². The van der Waals surface area contributed by atoms with E-state index in [9.17, 15) is 4.79 Å². The van der Waals surface area contributed by atoms with Gasteiger partial charge in [-0.2, -0.15) is 0 Å². The summed E-state index contributed by atoms with van der Waals surface area (Å²) in [7, 11) is 3.19. The largest absolute Gasteiger partial charge is 0.493 e. The SMILES string of the molecule is COc1ccc(CNC(=O)C(C)Sc2nnc(N3CCOCC3)n2Cc2ccccc2)cc1OC. The molecule has 0 radical (unpaired) electrons. The molecule has 35 heavy (non-hydrogen) atoms. The Hall–Kier alpha value is -3.24. The van der Waals surface area contributed by atoms with Crippen molar-refractivity contribution in [3.63, 3.8) is 0 Å². The number of anilines is 1. The molecule has 2 heterocycles. The van der Waals surface area contributed by atoms with Crippen molar-refractivity contribution in [2.75, 3.05) is 45.4 Å². The molecule has 9 nitrogen and oxygen atoms in total. The number of ether oxygens (including phenoxy) is 3. The molecule has 2 aromatic carbocycles. The second-order valence-corrected chi connectivity index (χ2v) is 9.43. The Labute approximate surface area is 209 Å². The molecule has 1 atom stereocenters. The zero-order valence-electron chi connectivity index (χ0n) is 20.3.